The zero-order valence-corrected chi connectivity index (χ0v) is 16.6. The lowest BCUT2D eigenvalue weighted by molar-refractivity contribution is -0.137. The lowest BCUT2D eigenvalue weighted by atomic mass is 9.96. The predicted octanol–water partition coefficient (Wildman–Crippen LogP) is 6.81. The maximum absolute atomic E-state index is 13.0. The standard InChI is InChI=1S/C24H21F3N2O/c1-3-30-16(2)20-9-4-5-10-21(20)17-7-6-8-19(13-17)29-15-28-22-14-18(24(25,26)27)11-12-23(22)29/h4-16H,3H2,1-2H3. The van der Waals surface area contributed by atoms with E-state index in [0.717, 1.165) is 34.5 Å². The molecule has 3 nitrogen and oxygen atoms in total. The summed E-state index contributed by atoms with van der Waals surface area (Å²) in [6, 6.07) is 19.6. The molecule has 0 bridgehead atoms. The third-order valence-electron chi connectivity index (χ3n) is 5.13. The number of rotatable bonds is 5. The van der Waals surface area contributed by atoms with Crippen molar-refractivity contribution in [1.82, 2.24) is 9.55 Å². The monoisotopic (exact) mass is 410 g/mol. The van der Waals surface area contributed by atoms with Crippen LogP contribution < -0.4 is 0 Å². The van der Waals surface area contributed by atoms with Crippen LogP contribution in [0.15, 0.2) is 73.1 Å². The van der Waals surface area contributed by atoms with E-state index in [1.54, 1.807) is 10.9 Å². The number of benzene rings is 3. The van der Waals surface area contributed by atoms with Crippen LogP contribution in [0.5, 0.6) is 0 Å². The quantitative estimate of drug-likeness (QED) is 0.361. The molecule has 1 heterocycles. The second-order valence-corrected chi connectivity index (χ2v) is 7.05. The second-order valence-electron chi connectivity index (χ2n) is 7.05. The van der Waals surface area contributed by atoms with E-state index in [4.69, 9.17) is 4.74 Å². The van der Waals surface area contributed by atoms with Crippen LogP contribution in [-0.2, 0) is 10.9 Å². The zero-order chi connectivity index (χ0) is 21.3. The lowest BCUT2D eigenvalue weighted by Crippen LogP contribution is -2.04. The van der Waals surface area contributed by atoms with Gasteiger partial charge >= 0.3 is 6.18 Å². The summed E-state index contributed by atoms with van der Waals surface area (Å²) in [6.07, 6.45) is -2.89. The normalized spacial score (nSPS) is 13.0. The highest BCUT2D eigenvalue weighted by atomic mass is 19.4. The average molecular weight is 410 g/mol. The van der Waals surface area contributed by atoms with Crippen molar-refractivity contribution in [3.05, 3.63) is 84.2 Å². The topological polar surface area (TPSA) is 27.1 Å². The minimum absolute atomic E-state index is 0.0512. The molecule has 0 saturated heterocycles. The van der Waals surface area contributed by atoms with Crippen molar-refractivity contribution in [2.45, 2.75) is 26.1 Å². The summed E-state index contributed by atoms with van der Waals surface area (Å²) >= 11 is 0. The Hall–Kier alpha value is -3.12. The van der Waals surface area contributed by atoms with Crippen molar-refractivity contribution in [1.29, 1.82) is 0 Å². The Morgan fingerprint density at radius 3 is 2.57 bits per heavy atom. The molecule has 0 amide bonds. The first-order chi connectivity index (χ1) is 14.4. The van der Waals surface area contributed by atoms with E-state index in [1.807, 2.05) is 62.4 Å². The molecule has 1 atom stereocenters. The molecular weight excluding hydrogens is 389 g/mol. The molecule has 154 valence electrons. The first-order valence-corrected chi connectivity index (χ1v) is 9.74. The van der Waals surface area contributed by atoms with Crippen LogP contribution in [0.4, 0.5) is 13.2 Å². The summed E-state index contributed by atoms with van der Waals surface area (Å²) in [5, 5.41) is 0. The largest absolute Gasteiger partial charge is 0.416 e. The van der Waals surface area contributed by atoms with Crippen molar-refractivity contribution < 1.29 is 17.9 Å². The van der Waals surface area contributed by atoms with Gasteiger partial charge in [-0.05, 0) is 60.9 Å². The Balaban J connectivity index is 1.77. The first-order valence-electron chi connectivity index (χ1n) is 9.74. The average Bonchev–Trinajstić information content (AvgIpc) is 3.17. The molecule has 1 unspecified atom stereocenters. The van der Waals surface area contributed by atoms with Crippen LogP contribution in [0.3, 0.4) is 0 Å². The molecule has 4 aromatic rings. The van der Waals surface area contributed by atoms with E-state index in [-0.39, 0.29) is 6.10 Å². The van der Waals surface area contributed by atoms with Gasteiger partial charge in [0.2, 0.25) is 0 Å². The van der Waals surface area contributed by atoms with E-state index in [1.165, 1.54) is 6.07 Å². The first kappa shape index (κ1) is 20.2. The van der Waals surface area contributed by atoms with E-state index < -0.39 is 11.7 Å². The number of aromatic nitrogens is 2. The van der Waals surface area contributed by atoms with Gasteiger partial charge in [-0.2, -0.15) is 13.2 Å². The van der Waals surface area contributed by atoms with Gasteiger partial charge in [-0.3, -0.25) is 4.57 Å². The predicted molar refractivity (Wildman–Crippen MR) is 112 cm³/mol. The van der Waals surface area contributed by atoms with Crippen molar-refractivity contribution in [2.75, 3.05) is 6.61 Å². The van der Waals surface area contributed by atoms with Gasteiger partial charge in [0.05, 0.1) is 22.7 Å². The molecule has 0 fully saturated rings. The fraction of sp³-hybridized carbons (Fsp3) is 0.208. The number of halogens is 3. The summed E-state index contributed by atoms with van der Waals surface area (Å²) in [4.78, 5) is 4.18. The third kappa shape index (κ3) is 3.83. The van der Waals surface area contributed by atoms with Crippen molar-refractivity contribution in [3.63, 3.8) is 0 Å². The number of ether oxygens (including phenoxy) is 1. The molecule has 0 N–H and O–H groups in total. The second kappa shape index (κ2) is 7.95. The number of hydrogen-bond acceptors (Lipinski definition) is 2. The van der Waals surface area contributed by atoms with Crippen LogP contribution in [0.2, 0.25) is 0 Å². The molecule has 0 radical (unpaired) electrons. The number of nitrogens with zero attached hydrogens (tertiary/aromatic N) is 2. The van der Waals surface area contributed by atoms with Gasteiger partial charge in [0.25, 0.3) is 0 Å². The molecule has 0 aliphatic carbocycles. The Labute approximate surface area is 172 Å². The van der Waals surface area contributed by atoms with Crippen molar-refractivity contribution in [3.8, 4) is 16.8 Å². The van der Waals surface area contributed by atoms with Gasteiger partial charge in [-0.25, -0.2) is 4.98 Å². The van der Waals surface area contributed by atoms with Crippen LogP contribution in [0.25, 0.3) is 27.8 Å². The SMILES string of the molecule is CCOC(C)c1ccccc1-c1cccc(-n2cnc3cc(C(F)(F)F)ccc32)c1. The third-order valence-corrected chi connectivity index (χ3v) is 5.13. The Morgan fingerprint density at radius 1 is 1.00 bits per heavy atom. The number of fused-ring (bicyclic) bond motifs is 1. The van der Waals surface area contributed by atoms with E-state index >= 15 is 0 Å². The molecule has 4 rings (SSSR count). The van der Waals surface area contributed by atoms with E-state index in [9.17, 15) is 13.2 Å². The minimum atomic E-state index is -4.39. The van der Waals surface area contributed by atoms with Gasteiger partial charge in [-0.15, -0.1) is 0 Å². The fourth-order valence-corrected chi connectivity index (χ4v) is 3.67. The number of alkyl halides is 3. The van der Waals surface area contributed by atoms with Gasteiger partial charge < -0.3 is 4.74 Å². The minimum Gasteiger partial charge on any atom is -0.374 e. The lowest BCUT2D eigenvalue weighted by Gasteiger charge is -2.17. The van der Waals surface area contributed by atoms with Crippen molar-refractivity contribution in [2.24, 2.45) is 0 Å². The summed E-state index contributed by atoms with van der Waals surface area (Å²) in [7, 11) is 0. The van der Waals surface area contributed by atoms with Gasteiger partial charge in [-0.1, -0.05) is 36.4 Å². The molecule has 30 heavy (non-hydrogen) atoms. The molecule has 6 heteroatoms. The Kier molecular flexibility index (Phi) is 5.35. The van der Waals surface area contributed by atoms with Crippen LogP contribution in [-0.4, -0.2) is 16.2 Å². The van der Waals surface area contributed by atoms with Crippen LogP contribution in [0, 0.1) is 0 Å². The summed E-state index contributed by atoms with van der Waals surface area (Å²) in [5.41, 5.74) is 4.20. The van der Waals surface area contributed by atoms with Crippen LogP contribution in [0.1, 0.15) is 31.1 Å². The van der Waals surface area contributed by atoms with Gasteiger partial charge in [0, 0.05) is 12.3 Å². The van der Waals surface area contributed by atoms with E-state index in [0.29, 0.717) is 17.6 Å². The molecule has 0 aliphatic rings. The molecular formula is C24H21F3N2O. The highest BCUT2D eigenvalue weighted by Crippen LogP contribution is 2.33. The van der Waals surface area contributed by atoms with Gasteiger partial charge in [0.1, 0.15) is 6.33 Å². The zero-order valence-electron chi connectivity index (χ0n) is 16.6. The van der Waals surface area contributed by atoms with Crippen molar-refractivity contribution >= 4 is 11.0 Å². The summed E-state index contributed by atoms with van der Waals surface area (Å²) in [6.45, 7) is 4.61. The molecule has 0 spiro atoms. The maximum Gasteiger partial charge on any atom is 0.416 e. The molecule has 0 aliphatic heterocycles. The highest BCUT2D eigenvalue weighted by molar-refractivity contribution is 5.79. The van der Waals surface area contributed by atoms with Crippen LogP contribution >= 0.6 is 0 Å². The fourth-order valence-electron chi connectivity index (χ4n) is 3.67. The molecule has 0 saturated carbocycles. The molecule has 3 aromatic carbocycles. The summed E-state index contributed by atoms with van der Waals surface area (Å²) < 4.78 is 46.6. The number of hydrogen-bond donors (Lipinski definition) is 0. The van der Waals surface area contributed by atoms with E-state index in [2.05, 4.69) is 4.98 Å². The number of imidazole rings is 1. The highest BCUT2D eigenvalue weighted by Gasteiger charge is 2.30. The maximum atomic E-state index is 13.0. The smallest absolute Gasteiger partial charge is 0.374 e. The summed E-state index contributed by atoms with van der Waals surface area (Å²) in [5.74, 6) is 0. The Bertz CT molecular complexity index is 1180. The van der Waals surface area contributed by atoms with Gasteiger partial charge in [0.15, 0.2) is 0 Å². The Morgan fingerprint density at radius 2 is 1.80 bits per heavy atom. The molecule has 1 aromatic heterocycles.